The lowest BCUT2D eigenvalue weighted by Crippen LogP contribution is -2.36. The van der Waals surface area contributed by atoms with Gasteiger partial charge in [0, 0.05) is 13.7 Å². The van der Waals surface area contributed by atoms with E-state index in [1.165, 1.54) is 6.33 Å². The quantitative estimate of drug-likeness (QED) is 0.724. The monoisotopic (exact) mass is 368 g/mol. The van der Waals surface area contributed by atoms with Gasteiger partial charge in [-0.3, -0.25) is 19.3 Å². The third kappa shape index (κ3) is 3.10. The normalized spacial score (nSPS) is 16.9. The Hall–Kier alpha value is -3.07. The van der Waals surface area contributed by atoms with Crippen molar-refractivity contribution in [1.29, 1.82) is 0 Å². The molecule has 1 aliphatic rings. The second kappa shape index (κ2) is 7.28. The molecule has 1 atom stereocenters. The van der Waals surface area contributed by atoms with Crippen molar-refractivity contribution in [1.82, 2.24) is 29.6 Å². The number of methoxy groups -OCH3 is 1. The summed E-state index contributed by atoms with van der Waals surface area (Å²) in [5, 5.41) is 6.93. The maximum atomic E-state index is 13.1. The van der Waals surface area contributed by atoms with E-state index in [1.807, 2.05) is 18.2 Å². The summed E-state index contributed by atoms with van der Waals surface area (Å²) in [4.78, 5) is 36.3. The van der Waals surface area contributed by atoms with Crippen LogP contribution in [-0.2, 0) is 11.3 Å². The highest BCUT2D eigenvalue weighted by Crippen LogP contribution is 2.32. The molecule has 9 nitrogen and oxygen atoms in total. The summed E-state index contributed by atoms with van der Waals surface area (Å²) in [7, 11) is 1.59. The maximum absolute atomic E-state index is 13.1. The van der Waals surface area contributed by atoms with Gasteiger partial charge in [-0.15, -0.1) is 0 Å². The zero-order valence-electron chi connectivity index (χ0n) is 15.0. The van der Waals surface area contributed by atoms with Gasteiger partial charge in [-0.2, -0.15) is 5.10 Å². The van der Waals surface area contributed by atoms with E-state index in [0.29, 0.717) is 36.4 Å². The number of hydrogen-bond acceptors (Lipinski definition) is 6. The summed E-state index contributed by atoms with van der Waals surface area (Å²) in [6.07, 6.45) is 2.87. The summed E-state index contributed by atoms with van der Waals surface area (Å²) < 4.78 is 6.80. The van der Waals surface area contributed by atoms with Crippen LogP contribution in [0.5, 0.6) is 0 Å². The van der Waals surface area contributed by atoms with Crippen LogP contribution in [0.2, 0.25) is 0 Å². The lowest BCUT2D eigenvalue weighted by molar-refractivity contribution is 0.0713. The summed E-state index contributed by atoms with van der Waals surface area (Å²) >= 11 is 0. The zero-order valence-corrected chi connectivity index (χ0v) is 15.0. The molecule has 1 unspecified atom stereocenters. The first-order valence-electron chi connectivity index (χ1n) is 8.85. The molecule has 0 radical (unpaired) electrons. The third-order valence-corrected chi connectivity index (χ3v) is 4.84. The predicted octanol–water partition coefficient (Wildman–Crippen LogP) is 1.14. The van der Waals surface area contributed by atoms with Gasteiger partial charge in [0.25, 0.3) is 11.5 Å². The van der Waals surface area contributed by atoms with Gasteiger partial charge in [0.15, 0.2) is 0 Å². The van der Waals surface area contributed by atoms with Crippen LogP contribution in [0.1, 0.15) is 35.3 Å². The van der Waals surface area contributed by atoms with E-state index < -0.39 is 0 Å². The van der Waals surface area contributed by atoms with Gasteiger partial charge in [0.05, 0.1) is 30.1 Å². The Morgan fingerprint density at radius 2 is 2.22 bits per heavy atom. The van der Waals surface area contributed by atoms with Gasteiger partial charge >= 0.3 is 0 Å². The van der Waals surface area contributed by atoms with Crippen molar-refractivity contribution >= 4 is 16.8 Å². The second-order valence-corrected chi connectivity index (χ2v) is 6.43. The molecule has 1 fully saturated rings. The Labute approximate surface area is 155 Å². The largest absolute Gasteiger partial charge is 0.383 e. The van der Waals surface area contributed by atoms with Crippen LogP contribution in [-0.4, -0.2) is 55.8 Å². The van der Waals surface area contributed by atoms with Crippen LogP contribution in [0.4, 0.5) is 0 Å². The number of nitrogens with zero attached hydrogens (tertiary/aromatic N) is 5. The molecule has 0 bridgehead atoms. The molecule has 3 heterocycles. The number of rotatable bonds is 5. The molecule has 2 aromatic heterocycles. The number of aromatic amines is 1. The van der Waals surface area contributed by atoms with Gasteiger partial charge in [-0.1, -0.05) is 12.1 Å². The predicted molar refractivity (Wildman–Crippen MR) is 97.3 cm³/mol. The summed E-state index contributed by atoms with van der Waals surface area (Å²) in [5.74, 6) is 0.533. The topological polar surface area (TPSA) is 106 Å². The Kier molecular flexibility index (Phi) is 4.68. The average Bonchev–Trinajstić information content (AvgIpc) is 3.38. The number of likely N-dealkylation sites (tertiary alicyclic amines) is 1. The number of carbonyl (C=O) groups is 1. The van der Waals surface area contributed by atoms with Crippen LogP contribution >= 0.6 is 0 Å². The van der Waals surface area contributed by atoms with E-state index in [2.05, 4.69) is 15.2 Å². The molecule has 1 aromatic carbocycles. The highest BCUT2D eigenvalue weighted by atomic mass is 16.5. The molecule has 1 aliphatic heterocycles. The van der Waals surface area contributed by atoms with Gasteiger partial charge < -0.3 is 9.64 Å². The molecule has 0 aliphatic carbocycles. The molecule has 1 amide bonds. The Morgan fingerprint density at radius 3 is 3.00 bits per heavy atom. The fourth-order valence-electron chi connectivity index (χ4n) is 3.56. The number of nitrogens with one attached hydrogen (secondary N) is 1. The lowest BCUT2D eigenvalue weighted by atomic mass is 10.1. The molecule has 4 rings (SSSR count). The van der Waals surface area contributed by atoms with Gasteiger partial charge in [-0.05, 0) is 25.0 Å². The number of aromatic nitrogens is 5. The number of hydrogen-bond donors (Lipinski definition) is 1. The number of H-pyrrole nitrogens is 1. The molecule has 140 valence electrons. The van der Waals surface area contributed by atoms with E-state index in [-0.39, 0.29) is 23.3 Å². The Balaban J connectivity index is 1.81. The SMILES string of the molecule is COCCn1c(C2CCCN2C(=O)c2ncn[nH]2)nc2ccccc2c1=O. The van der Waals surface area contributed by atoms with Crippen LogP contribution in [0.15, 0.2) is 35.4 Å². The number of carbonyl (C=O) groups excluding carboxylic acids is 1. The van der Waals surface area contributed by atoms with E-state index >= 15 is 0 Å². The highest BCUT2D eigenvalue weighted by Gasteiger charge is 2.35. The standard InChI is InChI=1S/C18H20N6O3/c1-27-10-9-24-16(21-13-6-3-2-5-12(13)17(24)25)14-7-4-8-23(14)18(26)15-19-11-20-22-15/h2-3,5-6,11,14H,4,7-10H2,1H3,(H,19,20,22). The minimum atomic E-state index is -0.295. The van der Waals surface area contributed by atoms with Gasteiger partial charge in [0.1, 0.15) is 12.2 Å². The smallest absolute Gasteiger partial charge is 0.291 e. The summed E-state index contributed by atoms with van der Waals surface area (Å²) in [6.45, 7) is 1.34. The molecule has 9 heteroatoms. The van der Waals surface area contributed by atoms with Crippen molar-refractivity contribution < 1.29 is 9.53 Å². The number of fused-ring (bicyclic) bond motifs is 1. The average molecular weight is 368 g/mol. The van der Waals surface area contributed by atoms with Crippen molar-refractivity contribution in [2.45, 2.75) is 25.4 Å². The number of para-hydroxylation sites is 1. The molecule has 3 aromatic rings. The number of amides is 1. The Morgan fingerprint density at radius 1 is 1.37 bits per heavy atom. The van der Waals surface area contributed by atoms with Crippen molar-refractivity contribution in [3.8, 4) is 0 Å². The minimum Gasteiger partial charge on any atom is -0.383 e. The minimum absolute atomic E-state index is 0.119. The molecule has 1 N–H and O–H groups in total. The first kappa shape index (κ1) is 17.3. The molecule has 0 saturated carbocycles. The zero-order chi connectivity index (χ0) is 18.8. The first-order chi connectivity index (χ1) is 13.2. The van der Waals surface area contributed by atoms with Gasteiger partial charge in [0.2, 0.25) is 5.82 Å². The number of benzene rings is 1. The summed E-state index contributed by atoms with van der Waals surface area (Å²) in [5.41, 5.74) is 0.511. The van der Waals surface area contributed by atoms with E-state index in [1.54, 1.807) is 22.6 Å². The molecule has 1 saturated heterocycles. The molecule has 27 heavy (non-hydrogen) atoms. The van der Waals surface area contributed by atoms with E-state index in [9.17, 15) is 9.59 Å². The summed E-state index contributed by atoms with van der Waals surface area (Å²) in [6, 6.07) is 6.96. The van der Waals surface area contributed by atoms with Crippen LogP contribution < -0.4 is 5.56 Å². The number of ether oxygens (including phenoxy) is 1. The maximum Gasteiger partial charge on any atom is 0.291 e. The first-order valence-corrected chi connectivity index (χ1v) is 8.85. The fourth-order valence-corrected chi connectivity index (χ4v) is 3.56. The van der Waals surface area contributed by atoms with Gasteiger partial charge in [-0.25, -0.2) is 9.97 Å². The van der Waals surface area contributed by atoms with E-state index in [4.69, 9.17) is 9.72 Å². The van der Waals surface area contributed by atoms with Crippen LogP contribution in [0, 0.1) is 0 Å². The van der Waals surface area contributed by atoms with Crippen molar-refractivity contribution in [2.24, 2.45) is 0 Å². The third-order valence-electron chi connectivity index (χ3n) is 4.84. The molecular weight excluding hydrogens is 348 g/mol. The van der Waals surface area contributed by atoms with E-state index in [0.717, 1.165) is 12.8 Å². The fraction of sp³-hybridized carbons (Fsp3) is 0.389. The second-order valence-electron chi connectivity index (χ2n) is 6.43. The Bertz CT molecular complexity index is 1010. The molecular formula is C18H20N6O3. The van der Waals surface area contributed by atoms with Crippen molar-refractivity contribution in [2.75, 3.05) is 20.3 Å². The van der Waals surface area contributed by atoms with Crippen LogP contribution in [0.3, 0.4) is 0 Å². The lowest BCUT2D eigenvalue weighted by Gasteiger charge is -2.26. The highest BCUT2D eigenvalue weighted by molar-refractivity contribution is 5.90. The van der Waals surface area contributed by atoms with Crippen LogP contribution in [0.25, 0.3) is 10.9 Å². The van der Waals surface area contributed by atoms with Crippen molar-refractivity contribution in [3.05, 3.63) is 52.6 Å². The van der Waals surface area contributed by atoms with Crippen molar-refractivity contribution in [3.63, 3.8) is 0 Å². The molecule has 0 spiro atoms.